The molecule has 28 heavy (non-hydrogen) atoms. The van der Waals surface area contributed by atoms with Crippen molar-refractivity contribution in [2.24, 2.45) is 0 Å². The standard InChI is InChI=1S/C21H22N4O3/c1-27-18-7-3-5-15(11-18)9-10-22-20(26)16-13-23-21(24-14-16)25-17-6-4-8-19(12-17)28-2/h3-8,11-14H,9-10H2,1-2H3,(H,22,26)(H,23,24,25). The minimum atomic E-state index is -0.212. The Morgan fingerprint density at radius 1 is 0.964 bits per heavy atom. The van der Waals surface area contributed by atoms with Crippen molar-refractivity contribution in [1.82, 2.24) is 15.3 Å². The number of amides is 1. The number of anilines is 2. The van der Waals surface area contributed by atoms with Crippen molar-refractivity contribution < 1.29 is 14.3 Å². The van der Waals surface area contributed by atoms with Gasteiger partial charge < -0.3 is 20.1 Å². The van der Waals surface area contributed by atoms with E-state index in [-0.39, 0.29) is 5.91 Å². The summed E-state index contributed by atoms with van der Waals surface area (Å²) in [6.45, 7) is 0.510. The second kappa shape index (κ2) is 9.36. The highest BCUT2D eigenvalue weighted by Gasteiger charge is 2.07. The van der Waals surface area contributed by atoms with Crippen LogP contribution in [0.2, 0.25) is 0 Å². The Hall–Kier alpha value is -3.61. The summed E-state index contributed by atoms with van der Waals surface area (Å²) in [6.07, 6.45) is 3.70. The molecule has 1 amide bonds. The van der Waals surface area contributed by atoms with Gasteiger partial charge in [-0.25, -0.2) is 9.97 Å². The lowest BCUT2D eigenvalue weighted by Gasteiger charge is -2.08. The number of carbonyl (C=O) groups is 1. The highest BCUT2D eigenvalue weighted by Crippen LogP contribution is 2.19. The van der Waals surface area contributed by atoms with Crippen LogP contribution in [0.1, 0.15) is 15.9 Å². The summed E-state index contributed by atoms with van der Waals surface area (Å²) in [4.78, 5) is 20.7. The lowest BCUT2D eigenvalue weighted by molar-refractivity contribution is 0.0953. The van der Waals surface area contributed by atoms with Crippen LogP contribution in [0.15, 0.2) is 60.9 Å². The van der Waals surface area contributed by atoms with Gasteiger partial charge >= 0.3 is 0 Å². The van der Waals surface area contributed by atoms with E-state index in [9.17, 15) is 4.79 Å². The van der Waals surface area contributed by atoms with E-state index in [4.69, 9.17) is 9.47 Å². The number of aromatic nitrogens is 2. The van der Waals surface area contributed by atoms with Gasteiger partial charge in [-0.3, -0.25) is 4.79 Å². The number of hydrogen-bond acceptors (Lipinski definition) is 6. The van der Waals surface area contributed by atoms with Crippen LogP contribution in [-0.2, 0) is 6.42 Å². The highest BCUT2D eigenvalue weighted by atomic mass is 16.5. The first-order valence-electron chi connectivity index (χ1n) is 8.82. The van der Waals surface area contributed by atoms with E-state index in [1.807, 2.05) is 48.5 Å². The summed E-state index contributed by atoms with van der Waals surface area (Å²) in [7, 11) is 3.24. The molecule has 0 aliphatic carbocycles. The molecule has 0 radical (unpaired) electrons. The molecular weight excluding hydrogens is 356 g/mol. The Kier molecular flexibility index (Phi) is 6.41. The minimum absolute atomic E-state index is 0.212. The van der Waals surface area contributed by atoms with Crippen molar-refractivity contribution in [3.63, 3.8) is 0 Å². The van der Waals surface area contributed by atoms with E-state index < -0.39 is 0 Å². The van der Waals surface area contributed by atoms with Gasteiger partial charge in [-0.15, -0.1) is 0 Å². The first-order valence-corrected chi connectivity index (χ1v) is 8.82. The van der Waals surface area contributed by atoms with Crippen molar-refractivity contribution >= 4 is 17.5 Å². The summed E-state index contributed by atoms with van der Waals surface area (Å²) >= 11 is 0. The molecule has 0 bridgehead atoms. The SMILES string of the molecule is COc1cccc(CCNC(=O)c2cnc(Nc3cccc(OC)c3)nc2)c1. The van der Waals surface area contributed by atoms with Gasteiger partial charge in [-0.05, 0) is 36.2 Å². The van der Waals surface area contributed by atoms with Crippen LogP contribution in [0.3, 0.4) is 0 Å². The zero-order valence-corrected chi connectivity index (χ0v) is 15.8. The highest BCUT2D eigenvalue weighted by molar-refractivity contribution is 5.93. The fourth-order valence-electron chi connectivity index (χ4n) is 2.59. The van der Waals surface area contributed by atoms with Gasteiger partial charge in [0.05, 0.1) is 19.8 Å². The van der Waals surface area contributed by atoms with Crippen LogP contribution in [0.4, 0.5) is 11.6 Å². The van der Waals surface area contributed by atoms with Crippen LogP contribution in [-0.4, -0.2) is 36.6 Å². The van der Waals surface area contributed by atoms with Crippen LogP contribution in [0, 0.1) is 0 Å². The van der Waals surface area contributed by atoms with Crippen molar-refractivity contribution in [3.05, 3.63) is 72.1 Å². The summed E-state index contributed by atoms with van der Waals surface area (Å²) in [5.74, 6) is 1.73. The third-order valence-corrected chi connectivity index (χ3v) is 4.07. The van der Waals surface area contributed by atoms with Gasteiger partial charge in [0, 0.05) is 30.7 Å². The Bertz CT molecular complexity index is 929. The zero-order chi connectivity index (χ0) is 19.8. The maximum atomic E-state index is 12.3. The molecule has 0 saturated carbocycles. The average Bonchev–Trinajstić information content (AvgIpc) is 2.74. The Balaban J connectivity index is 1.53. The fourth-order valence-corrected chi connectivity index (χ4v) is 2.59. The molecule has 0 fully saturated rings. The van der Waals surface area contributed by atoms with Crippen LogP contribution < -0.4 is 20.1 Å². The summed E-state index contributed by atoms with van der Waals surface area (Å²) < 4.78 is 10.4. The molecule has 7 heteroatoms. The predicted molar refractivity (Wildman–Crippen MR) is 107 cm³/mol. The largest absolute Gasteiger partial charge is 0.497 e. The van der Waals surface area contributed by atoms with E-state index in [0.717, 1.165) is 22.7 Å². The molecule has 1 heterocycles. The summed E-state index contributed by atoms with van der Waals surface area (Å²) in [6, 6.07) is 15.2. The van der Waals surface area contributed by atoms with E-state index in [1.165, 1.54) is 12.4 Å². The molecule has 0 aliphatic heterocycles. The number of methoxy groups -OCH3 is 2. The number of rotatable bonds is 8. The molecule has 3 aromatic rings. The van der Waals surface area contributed by atoms with Crippen molar-refractivity contribution in [2.75, 3.05) is 26.1 Å². The fraction of sp³-hybridized carbons (Fsp3) is 0.190. The minimum Gasteiger partial charge on any atom is -0.497 e. The molecule has 2 N–H and O–H groups in total. The Labute approximate surface area is 163 Å². The third-order valence-electron chi connectivity index (χ3n) is 4.07. The first kappa shape index (κ1) is 19.2. The van der Waals surface area contributed by atoms with E-state index in [0.29, 0.717) is 24.5 Å². The molecule has 144 valence electrons. The van der Waals surface area contributed by atoms with Crippen molar-refractivity contribution in [2.45, 2.75) is 6.42 Å². The molecule has 0 unspecified atom stereocenters. The van der Waals surface area contributed by atoms with E-state index >= 15 is 0 Å². The lowest BCUT2D eigenvalue weighted by Crippen LogP contribution is -2.26. The number of benzene rings is 2. The predicted octanol–water partition coefficient (Wildman–Crippen LogP) is 3.21. The molecule has 3 rings (SSSR count). The number of carbonyl (C=O) groups excluding carboxylic acids is 1. The molecular formula is C21H22N4O3. The molecule has 2 aromatic carbocycles. The van der Waals surface area contributed by atoms with Crippen molar-refractivity contribution in [1.29, 1.82) is 0 Å². The second-order valence-corrected chi connectivity index (χ2v) is 6.01. The normalized spacial score (nSPS) is 10.2. The first-order chi connectivity index (χ1) is 13.7. The second-order valence-electron chi connectivity index (χ2n) is 6.01. The molecule has 1 aromatic heterocycles. The van der Waals surface area contributed by atoms with Crippen LogP contribution >= 0.6 is 0 Å². The molecule has 0 saturated heterocycles. The smallest absolute Gasteiger partial charge is 0.254 e. The Morgan fingerprint density at radius 3 is 2.36 bits per heavy atom. The molecule has 0 atom stereocenters. The maximum Gasteiger partial charge on any atom is 0.254 e. The molecule has 0 spiro atoms. The quantitative estimate of drug-likeness (QED) is 0.626. The summed E-state index contributed by atoms with van der Waals surface area (Å²) in [5.41, 5.74) is 2.30. The Morgan fingerprint density at radius 2 is 1.64 bits per heavy atom. The lowest BCUT2D eigenvalue weighted by atomic mass is 10.1. The van der Waals surface area contributed by atoms with E-state index in [2.05, 4.69) is 20.6 Å². The number of ether oxygens (including phenoxy) is 2. The zero-order valence-electron chi connectivity index (χ0n) is 15.8. The van der Waals surface area contributed by atoms with Gasteiger partial charge in [-0.2, -0.15) is 0 Å². The van der Waals surface area contributed by atoms with Crippen LogP contribution in [0.5, 0.6) is 11.5 Å². The van der Waals surface area contributed by atoms with Crippen LogP contribution in [0.25, 0.3) is 0 Å². The third kappa shape index (κ3) is 5.20. The van der Waals surface area contributed by atoms with Gasteiger partial charge in [0.15, 0.2) is 0 Å². The van der Waals surface area contributed by atoms with Gasteiger partial charge in [0.2, 0.25) is 5.95 Å². The number of nitrogens with one attached hydrogen (secondary N) is 2. The molecule has 0 aliphatic rings. The topological polar surface area (TPSA) is 85.4 Å². The molecule has 7 nitrogen and oxygen atoms in total. The monoisotopic (exact) mass is 378 g/mol. The van der Waals surface area contributed by atoms with E-state index in [1.54, 1.807) is 14.2 Å². The number of hydrogen-bond donors (Lipinski definition) is 2. The number of nitrogens with zero attached hydrogens (tertiary/aromatic N) is 2. The van der Waals surface area contributed by atoms with Crippen molar-refractivity contribution in [3.8, 4) is 11.5 Å². The average molecular weight is 378 g/mol. The summed E-state index contributed by atoms with van der Waals surface area (Å²) in [5, 5.41) is 5.95. The van der Waals surface area contributed by atoms with Gasteiger partial charge in [-0.1, -0.05) is 18.2 Å². The maximum absolute atomic E-state index is 12.3. The van der Waals surface area contributed by atoms with Gasteiger partial charge in [0.25, 0.3) is 5.91 Å². The van der Waals surface area contributed by atoms with Gasteiger partial charge in [0.1, 0.15) is 11.5 Å².